The highest BCUT2D eigenvalue weighted by Gasteiger charge is 2.33. The number of rotatable bonds is 5. The maximum atomic E-state index is 5.52. The molecule has 2 aromatic rings. The summed E-state index contributed by atoms with van der Waals surface area (Å²) >= 11 is 2.36. The molecular weight excluding hydrogens is 403 g/mol. The van der Waals surface area contributed by atoms with Crippen LogP contribution in [0.2, 0.25) is 0 Å². The number of aromatic nitrogens is 1. The Hall–Kier alpha value is -1.18. The van der Waals surface area contributed by atoms with E-state index in [1.165, 1.54) is 9.13 Å². The van der Waals surface area contributed by atoms with Crippen LogP contribution in [0.5, 0.6) is 0 Å². The standard InChI is InChI=1S/C18H21IN2O2/c1-22-16-11-21(12-17(16)23-2)18-9-8-14(19)15(20-18)10-13-6-4-3-5-7-13/h3-9,16-17H,10-12H2,1-2H3/t16-,17+. The van der Waals surface area contributed by atoms with Gasteiger partial charge in [-0.1, -0.05) is 30.3 Å². The quantitative estimate of drug-likeness (QED) is 0.691. The van der Waals surface area contributed by atoms with Gasteiger partial charge in [0, 0.05) is 37.3 Å². The summed E-state index contributed by atoms with van der Waals surface area (Å²) in [6.07, 6.45) is 1.04. The van der Waals surface area contributed by atoms with Gasteiger partial charge in [-0.15, -0.1) is 0 Å². The van der Waals surface area contributed by atoms with Gasteiger partial charge < -0.3 is 14.4 Å². The Kier molecular flexibility index (Phi) is 5.50. The molecule has 1 aliphatic heterocycles. The third-order valence-corrected chi connectivity index (χ3v) is 5.25. The molecule has 5 heteroatoms. The molecule has 23 heavy (non-hydrogen) atoms. The van der Waals surface area contributed by atoms with Gasteiger partial charge in [-0.2, -0.15) is 0 Å². The lowest BCUT2D eigenvalue weighted by molar-refractivity contribution is -0.00461. The molecule has 2 heterocycles. The lowest BCUT2D eigenvalue weighted by Gasteiger charge is -2.18. The molecule has 1 aliphatic rings. The first kappa shape index (κ1) is 16.7. The minimum absolute atomic E-state index is 0.0960. The summed E-state index contributed by atoms with van der Waals surface area (Å²) in [5.41, 5.74) is 2.39. The van der Waals surface area contributed by atoms with E-state index in [9.17, 15) is 0 Å². The Morgan fingerprint density at radius 2 is 1.70 bits per heavy atom. The van der Waals surface area contributed by atoms with Crippen LogP contribution in [0.4, 0.5) is 5.82 Å². The van der Waals surface area contributed by atoms with Crippen LogP contribution in [0, 0.1) is 3.57 Å². The Morgan fingerprint density at radius 1 is 1.04 bits per heavy atom. The zero-order valence-electron chi connectivity index (χ0n) is 13.4. The van der Waals surface area contributed by atoms with Crippen molar-refractivity contribution in [3.05, 3.63) is 57.3 Å². The molecule has 122 valence electrons. The molecule has 3 rings (SSSR count). The Balaban J connectivity index is 1.80. The summed E-state index contributed by atoms with van der Waals surface area (Å²) in [6, 6.07) is 14.7. The predicted octanol–water partition coefficient (Wildman–Crippen LogP) is 3.13. The number of methoxy groups -OCH3 is 2. The van der Waals surface area contributed by atoms with Crippen molar-refractivity contribution in [3.63, 3.8) is 0 Å². The van der Waals surface area contributed by atoms with Crippen molar-refractivity contribution in [3.8, 4) is 0 Å². The molecule has 4 nitrogen and oxygen atoms in total. The summed E-state index contributed by atoms with van der Waals surface area (Å²) in [4.78, 5) is 7.14. The summed E-state index contributed by atoms with van der Waals surface area (Å²) in [5, 5.41) is 0. The fraction of sp³-hybridized carbons (Fsp3) is 0.389. The van der Waals surface area contributed by atoms with Crippen molar-refractivity contribution >= 4 is 28.4 Å². The molecule has 1 aromatic carbocycles. The molecule has 1 saturated heterocycles. The van der Waals surface area contributed by atoms with Gasteiger partial charge in [-0.25, -0.2) is 4.98 Å². The van der Waals surface area contributed by atoms with E-state index in [1.807, 2.05) is 6.07 Å². The van der Waals surface area contributed by atoms with Crippen LogP contribution in [-0.4, -0.2) is 44.5 Å². The van der Waals surface area contributed by atoms with E-state index in [1.54, 1.807) is 14.2 Å². The lowest BCUT2D eigenvalue weighted by atomic mass is 10.1. The van der Waals surface area contributed by atoms with E-state index in [0.29, 0.717) is 0 Å². The highest BCUT2D eigenvalue weighted by atomic mass is 127. The molecule has 0 N–H and O–H groups in total. The van der Waals surface area contributed by atoms with Crippen LogP contribution in [0.1, 0.15) is 11.3 Å². The Morgan fingerprint density at radius 3 is 2.30 bits per heavy atom. The highest BCUT2D eigenvalue weighted by Crippen LogP contribution is 2.24. The second-order valence-corrected chi connectivity index (χ2v) is 6.88. The zero-order valence-corrected chi connectivity index (χ0v) is 15.6. The summed E-state index contributed by atoms with van der Waals surface area (Å²) < 4.78 is 12.2. The predicted molar refractivity (Wildman–Crippen MR) is 100 cm³/mol. The smallest absolute Gasteiger partial charge is 0.129 e. The zero-order chi connectivity index (χ0) is 16.2. The average Bonchev–Trinajstić information content (AvgIpc) is 3.01. The first-order valence-corrected chi connectivity index (χ1v) is 8.79. The number of pyridine rings is 1. The number of ether oxygens (including phenoxy) is 2. The number of benzene rings is 1. The van der Waals surface area contributed by atoms with Crippen molar-refractivity contribution in [2.75, 3.05) is 32.2 Å². The topological polar surface area (TPSA) is 34.6 Å². The Bertz CT molecular complexity index is 639. The molecule has 1 fully saturated rings. The fourth-order valence-electron chi connectivity index (χ4n) is 2.95. The largest absolute Gasteiger partial charge is 0.377 e. The van der Waals surface area contributed by atoms with Crippen LogP contribution in [0.25, 0.3) is 0 Å². The molecular formula is C18H21IN2O2. The first-order chi connectivity index (χ1) is 11.2. The molecule has 0 aliphatic carbocycles. The number of hydrogen-bond donors (Lipinski definition) is 0. The second-order valence-electron chi connectivity index (χ2n) is 5.71. The number of halogens is 1. The number of anilines is 1. The molecule has 0 spiro atoms. The summed E-state index contributed by atoms with van der Waals surface area (Å²) in [6.45, 7) is 1.63. The van der Waals surface area contributed by atoms with Crippen molar-refractivity contribution in [1.29, 1.82) is 0 Å². The third-order valence-electron chi connectivity index (χ3n) is 4.26. The molecule has 0 unspecified atom stereocenters. The summed E-state index contributed by atoms with van der Waals surface area (Å²) in [5.74, 6) is 0.998. The van der Waals surface area contributed by atoms with Crippen LogP contribution < -0.4 is 4.90 Å². The van der Waals surface area contributed by atoms with Crippen molar-refractivity contribution in [2.24, 2.45) is 0 Å². The van der Waals surface area contributed by atoms with E-state index >= 15 is 0 Å². The first-order valence-electron chi connectivity index (χ1n) is 7.71. The maximum Gasteiger partial charge on any atom is 0.129 e. The minimum atomic E-state index is 0.0960. The van der Waals surface area contributed by atoms with E-state index in [-0.39, 0.29) is 12.2 Å². The Labute approximate surface area is 151 Å². The highest BCUT2D eigenvalue weighted by molar-refractivity contribution is 14.1. The fourth-order valence-corrected chi connectivity index (χ4v) is 3.44. The van der Waals surface area contributed by atoms with Gasteiger partial charge in [0.2, 0.25) is 0 Å². The molecule has 2 atom stereocenters. The van der Waals surface area contributed by atoms with Crippen LogP contribution in [-0.2, 0) is 15.9 Å². The molecule has 0 radical (unpaired) electrons. The van der Waals surface area contributed by atoms with Gasteiger partial charge in [0.05, 0.1) is 5.69 Å². The van der Waals surface area contributed by atoms with E-state index in [4.69, 9.17) is 14.5 Å². The normalized spacial score (nSPS) is 20.9. The number of hydrogen-bond acceptors (Lipinski definition) is 4. The van der Waals surface area contributed by atoms with Crippen molar-refractivity contribution < 1.29 is 9.47 Å². The van der Waals surface area contributed by atoms with Gasteiger partial charge in [-0.05, 0) is 40.3 Å². The van der Waals surface area contributed by atoms with Gasteiger partial charge in [0.25, 0.3) is 0 Å². The van der Waals surface area contributed by atoms with Gasteiger partial charge in [0.15, 0.2) is 0 Å². The van der Waals surface area contributed by atoms with Gasteiger partial charge >= 0.3 is 0 Å². The SMILES string of the molecule is CO[C@H]1CN(c2ccc(I)c(Cc3ccccc3)n2)C[C@H]1OC. The molecule has 0 saturated carbocycles. The van der Waals surface area contributed by atoms with Crippen LogP contribution >= 0.6 is 22.6 Å². The van der Waals surface area contributed by atoms with E-state index in [0.717, 1.165) is 31.0 Å². The van der Waals surface area contributed by atoms with Crippen molar-refractivity contribution in [1.82, 2.24) is 4.98 Å². The summed E-state index contributed by atoms with van der Waals surface area (Å²) in [7, 11) is 3.48. The van der Waals surface area contributed by atoms with E-state index < -0.39 is 0 Å². The molecule has 1 aromatic heterocycles. The monoisotopic (exact) mass is 424 g/mol. The maximum absolute atomic E-state index is 5.52. The van der Waals surface area contributed by atoms with Gasteiger partial charge in [-0.3, -0.25) is 0 Å². The third kappa shape index (κ3) is 3.84. The van der Waals surface area contributed by atoms with Crippen molar-refractivity contribution in [2.45, 2.75) is 18.6 Å². The van der Waals surface area contributed by atoms with E-state index in [2.05, 4.69) is 63.9 Å². The molecule has 0 bridgehead atoms. The van der Waals surface area contributed by atoms with Crippen LogP contribution in [0.15, 0.2) is 42.5 Å². The minimum Gasteiger partial charge on any atom is -0.377 e. The van der Waals surface area contributed by atoms with Gasteiger partial charge in [0.1, 0.15) is 18.0 Å². The molecule has 0 amide bonds. The average molecular weight is 424 g/mol. The van der Waals surface area contributed by atoms with Crippen LogP contribution in [0.3, 0.4) is 0 Å². The number of nitrogens with zero attached hydrogens (tertiary/aromatic N) is 2. The lowest BCUT2D eigenvalue weighted by Crippen LogP contribution is -2.27. The second kappa shape index (κ2) is 7.59.